The number of pyridine rings is 1. The molecule has 1 aliphatic carbocycles. The van der Waals surface area contributed by atoms with E-state index >= 15 is 0 Å². The lowest BCUT2D eigenvalue weighted by Gasteiger charge is -2.07. The molecule has 16 heavy (non-hydrogen) atoms. The molecule has 0 aromatic carbocycles. The van der Waals surface area contributed by atoms with E-state index in [0.29, 0.717) is 0 Å². The van der Waals surface area contributed by atoms with Gasteiger partial charge in [0.05, 0.1) is 0 Å². The zero-order valence-corrected chi connectivity index (χ0v) is 9.05. The molecular weight excluding hydrogens is 217 g/mol. The first kappa shape index (κ1) is 11.4. The van der Waals surface area contributed by atoms with Crippen LogP contribution in [0.4, 0.5) is 13.2 Å². The molecule has 1 aromatic rings. The Morgan fingerprint density at radius 3 is 2.19 bits per heavy atom. The lowest BCUT2D eigenvalue weighted by atomic mass is 10.0. The second-order valence-corrected chi connectivity index (χ2v) is 4.80. The highest BCUT2D eigenvalue weighted by Gasteiger charge is 2.56. The smallest absolute Gasteiger partial charge is 0.327 e. The average Bonchev–Trinajstić information content (AvgIpc) is 2.65. The van der Waals surface area contributed by atoms with E-state index in [1.807, 2.05) is 13.8 Å². The number of rotatable bonds is 1. The van der Waals surface area contributed by atoms with Gasteiger partial charge >= 0.3 is 6.18 Å². The molecule has 1 saturated carbocycles. The Kier molecular flexibility index (Phi) is 2.28. The van der Waals surface area contributed by atoms with E-state index in [2.05, 4.69) is 4.98 Å². The van der Waals surface area contributed by atoms with Gasteiger partial charge in [-0.05, 0) is 17.0 Å². The van der Waals surface area contributed by atoms with Crippen molar-refractivity contribution in [3.8, 4) is 0 Å². The summed E-state index contributed by atoms with van der Waals surface area (Å²) in [7, 11) is 0. The van der Waals surface area contributed by atoms with Gasteiger partial charge in [0.15, 0.2) is 0 Å². The van der Waals surface area contributed by atoms with Crippen molar-refractivity contribution in [3.05, 3.63) is 29.6 Å². The quantitative estimate of drug-likeness (QED) is 0.805. The van der Waals surface area contributed by atoms with Crippen molar-refractivity contribution in [2.45, 2.75) is 32.0 Å². The summed E-state index contributed by atoms with van der Waals surface area (Å²) >= 11 is 0. The van der Waals surface area contributed by atoms with E-state index in [-0.39, 0.29) is 17.4 Å². The van der Waals surface area contributed by atoms with E-state index in [9.17, 15) is 13.2 Å². The number of alkyl halides is 3. The number of nitrogens with zero attached hydrogens (tertiary/aromatic N) is 1. The number of hydrogen-bond acceptors (Lipinski definition) is 2. The molecule has 1 fully saturated rings. The summed E-state index contributed by atoms with van der Waals surface area (Å²) < 4.78 is 36.8. The van der Waals surface area contributed by atoms with Crippen LogP contribution in [0.25, 0.3) is 0 Å². The average molecular weight is 230 g/mol. The lowest BCUT2D eigenvalue weighted by molar-refractivity contribution is -0.141. The first-order valence-electron chi connectivity index (χ1n) is 5.03. The van der Waals surface area contributed by atoms with Gasteiger partial charge in [-0.3, -0.25) is 4.98 Å². The molecule has 1 heterocycles. The molecule has 2 nitrogen and oxygen atoms in total. The first-order chi connectivity index (χ1) is 7.24. The van der Waals surface area contributed by atoms with E-state index < -0.39 is 11.9 Å². The van der Waals surface area contributed by atoms with Crippen LogP contribution in [0.2, 0.25) is 0 Å². The van der Waals surface area contributed by atoms with Crippen molar-refractivity contribution in [3.63, 3.8) is 0 Å². The Hall–Kier alpha value is -1.10. The summed E-state index contributed by atoms with van der Waals surface area (Å²) in [5, 5.41) is 0. The lowest BCUT2D eigenvalue weighted by Crippen LogP contribution is -2.08. The van der Waals surface area contributed by atoms with Crippen molar-refractivity contribution < 1.29 is 13.2 Å². The molecule has 0 amide bonds. The van der Waals surface area contributed by atoms with Crippen LogP contribution in [0.5, 0.6) is 0 Å². The maximum absolute atomic E-state index is 12.3. The molecule has 88 valence electrons. The standard InChI is InChI=1S/C11H13F3N2/c1-10(2)8(9(10)15)6-3-4-7(16-5-6)11(12,13)14/h3-5,8-9H,15H2,1-2H3. The van der Waals surface area contributed by atoms with E-state index in [1.54, 1.807) is 0 Å². The van der Waals surface area contributed by atoms with Crippen LogP contribution in [0.3, 0.4) is 0 Å². The highest BCUT2D eigenvalue weighted by Crippen LogP contribution is 2.57. The second kappa shape index (κ2) is 3.20. The fraction of sp³-hybridized carbons (Fsp3) is 0.545. The van der Waals surface area contributed by atoms with Crippen molar-refractivity contribution in [2.75, 3.05) is 0 Å². The van der Waals surface area contributed by atoms with Crippen LogP contribution >= 0.6 is 0 Å². The molecule has 0 spiro atoms. The molecule has 1 aromatic heterocycles. The van der Waals surface area contributed by atoms with Gasteiger partial charge in [0.2, 0.25) is 0 Å². The fourth-order valence-corrected chi connectivity index (χ4v) is 2.07. The maximum atomic E-state index is 12.3. The van der Waals surface area contributed by atoms with Gasteiger partial charge in [0.25, 0.3) is 0 Å². The molecule has 0 bridgehead atoms. The third-order valence-corrected chi connectivity index (χ3v) is 3.35. The Bertz CT molecular complexity index is 395. The topological polar surface area (TPSA) is 38.9 Å². The Labute approximate surface area is 91.7 Å². The van der Waals surface area contributed by atoms with Crippen LogP contribution in [0.15, 0.2) is 18.3 Å². The number of halogens is 3. The van der Waals surface area contributed by atoms with Crippen molar-refractivity contribution >= 4 is 0 Å². The number of aromatic nitrogens is 1. The molecule has 2 atom stereocenters. The van der Waals surface area contributed by atoms with Gasteiger partial charge in [-0.25, -0.2) is 0 Å². The van der Waals surface area contributed by atoms with Gasteiger partial charge in [-0.1, -0.05) is 19.9 Å². The largest absolute Gasteiger partial charge is 0.433 e. The van der Waals surface area contributed by atoms with Crippen LogP contribution in [-0.2, 0) is 6.18 Å². The van der Waals surface area contributed by atoms with E-state index in [0.717, 1.165) is 11.6 Å². The van der Waals surface area contributed by atoms with Crippen molar-refractivity contribution in [2.24, 2.45) is 11.1 Å². The van der Waals surface area contributed by atoms with Crippen LogP contribution in [-0.4, -0.2) is 11.0 Å². The molecule has 2 N–H and O–H groups in total. The highest BCUT2D eigenvalue weighted by atomic mass is 19.4. The highest BCUT2D eigenvalue weighted by molar-refractivity contribution is 5.33. The first-order valence-corrected chi connectivity index (χ1v) is 5.03. The summed E-state index contributed by atoms with van der Waals surface area (Å²) in [4.78, 5) is 3.43. The Balaban J connectivity index is 2.22. The Morgan fingerprint density at radius 1 is 1.31 bits per heavy atom. The summed E-state index contributed by atoms with van der Waals surface area (Å²) in [6.45, 7) is 4.00. The molecule has 0 radical (unpaired) electrons. The SMILES string of the molecule is CC1(C)C(N)C1c1ccc(C(F)(F)F)nc1. The summed E-state index contributed by atoms with van der Waals surface area (Å²) in [5.74, 6) is 0.113. The summed E-state index contributed by atoms with van der Waals surface area (Å²) in [6, 6.07) is 2.48. The second-order valence-electron chi connectivity index (χ2n) is 4.80. The zero-order chi connectivity index (χ0) is 12.1. The molecule has 5 heteroatoms. The fourth-order valence-electron chi connectivity index (χ4n) is 2.07. The van der Waals surface area contributed by atoms with E-state index in [1.165, 1.54) is 12.3 Å². The normalized spacial score (nSPS) is 27.9. The van der Waals surface area contributed by atoms with Gasteiger partial charge in [-0.2, -0.15) is 13.2 Å². The molecule has 0 aliphatic heterocycles. The van der Waals surface area contributed by atoms with Crippen molar-refractivity contribution in [1.29, 1.82) is 0 Å². The molecule has 2 rings (SSSR count). The van der Waals surface area contributed by atoms with Gasteiger partial charge in [0.1, 0.15) is 5.69 Å². The van der Waals surface area contributed by atoms with Crippen LogP contribution in [0.1, 0.15) is 31.0 Å². The minimum atomic E-state index is -4.38. The minimum absolute atomic E-state index is 0.00559. The molecule has 0 saturated heterocycles. The third kappa shape index (κ3) is 1.69. The predicted octanol–water partition coefficient (Wildman–Crippen LogP) is 2.55. The Morgan fingerprint density at radius 2 is 1.88 bits per heavy atom. The van der Waals surface area contributed by atoms with E-state index in [4.69, 9.17) is 5.73 Å². The van der Waals surface area contributed by atoms with Crippen molar-refractivity contribution in [1.82, 2.24) is 4.98 Å². The zero-order valence-electron chi connectivity index (χ0n) is 9.05. The third-order valence-electron chi connectivity index (χ3n) is 3.35. The molecule has 2 unspecified atom stereocenters. The van der Waals surface area contributed by atoms with Gasteiger partial charge in [0, 0.05) is 18.2 Å². The summed E-state index contributed by atoms with van der Waals surface area (Å²) in [6.07, 6.45) is -3.10. The molecule has 1 aliphatic rings. The number of hydrogen-bond donors (Lipinski definition) is 1. The predicted molar refractivity (Wildman–Crippen MR) is 53.7 cm³/mol. The maximum Gasteiger partial charge on any atom is 0.433 e. The minimum Gasteiger partial charge on any atom is -0.327 e. The monoisotopic (exact) mass is 230 g/mol. The van der Waals surface area contributed by atoms with Crippen LogP contribution in [0, 0.1) is 5.41 Å². The van der Waals surface area contributed by atoms with Gasteiger partial charge in [-0.15, -0.1) is 0 Å². The van der Waals surface area contributed by atoms with Gasteiger partial charge < -0.3 is 5.73 Å². The number of nitrogens with two attached hydrogens (primary N) is 1. The summed E-state index contributed by atoms with van der Waals surface area (Å²) in [5.41, 5.74) is 5.73. The molecular formula is C11H13F3N2. The van der Waals surface area contributed by atoms with Crippen LogP contribution < -0.4 is 5.73 Å².